The van der Waals surface area contributed by atoms with Crippen LogP contribution in [0, 0.1) is 0 Å². The molecular weight excluding hydrogens is 278 g/mol. The van der Waals surface area contributed by atoms with Crippen molar-refractivity contribution in [3.8, 4) is 11.3 Å². The molecule has 1 aromatic carbocycles. The van der Waals surface area contributed by atoms with Crippen molar-refractivity contribution >= 4 is 11.8 Å². The van der Waals surface area contributed by atoms with Crippen LogP contribution in [0.3, 0.4) is 0 Å². The number of H-pyrrole nitrogens is 1. The van der Waals surface area contributed by atoms with Crippen LogP contribution >= 0.6 is 11.8 Å². The van der Waals surface area contributed by atoms with E-state index >= 15 is 0 Å². The Morgan fingerprint density at radius 2 is 1.86 bits per heavy atom. The van der Waals surface area contributed by atoms with Gasteiger partial charge < -0.3 is 5.32 Å². The summed E-state index contributed by atoms with van der Waals surface area (Å²) in [6.07, 6.45) is 1.91. The maximum atomic E-state index is 4.20. The largest absolute Gasteiger partial charge is 0.308 e. The van der Waals surface area contributed by atoms with Crippen LogP contribution < -0.4 is 5.32 Å². The molecule has 3 nitrogen and oxygen atoms in total. The van der Waals surface area contributed by atoms with Crippen LogP contribution in [0.25, 0.3) is 11.3 Å². The zero-order chi connectivity index (χ0) is 15.5. The second-order valence-electron chi connectivity index (χ2n) is 6.56. The molecule has 0 fully saturated rings. The Kier molecular flexibility index (Phi) is 5.12. The van der Waals surface area contributed by atoms with Gasteiger partial charge in [0.2, 0.25) is 0 Å². The predicted octanol–water partition coefficient (Wildman–Crippen LogP) is 4.47. The lowest BCUT2D eigenvalue weighted by Gasteiger charge is -2.20. The van der Waals surface area contributed by atoms with Crippen LogP contribution in [0.2, 0.25) is 0 Å². The third kappa shape index (κ3) is 4.90. The van der Waals surface area contributed by atoms with Gasteiger partial charge in [0.1, 0.15) is 0 Å². The van der Waals surface area contributed by atoms with Crippen molar-refractivity contribution in [3.05, 3.63) is 36.0 Å². The van der Waals surface area contributed by atoms with Gasteiger partial charge in [-0.15, -0.1) is 11.8 Å². The summed E-state index contributed by atoms with van der Waals surface area (Å²) in [4.78, 5) is 1.31. The topological polar surface area (TPSA) is 40.7 Å². The monoisotopic (exact) mass is 303 g/mol. The first kappa shape index (κ1) is 16.1. The summed E-state index contributed by atoms with van der Waals surface area (Å²) in [5.41, 5.74) is 3.60. The van der Waals surface area contributed by atoms with Crippen molar-refractivity contribution in [2.24, 2.45) is 0 Å². The molecular formula is C17H25N3S. The fraction of sp³-hybridized carbons (Fsp3) is 0.471. The lowest BCUT2D eigenvalue weighted by Crippen LogP contribution is -2.35. The van der Waals surface area contributed by atoms with Gasteiger partial charge in [-0.3, -0.25) is 5.10 Å². The minimum absolute atomic E-state index is 0.103. The molecule has 0 amide bonds. The molecule has 21 heavy (non-hydrogen) atoms. The highest BCUT2D eigenvalue weighted by Gasteiger charge is 2.12. The molecule has 1 aromatic heterocycles. The second kappa shape index (κ2) is 6.67. The number of nitrogens with one attached hydrogen (secondary N) is 2. The van der Waals surface area contributed by atoms with Gasteiger partial charge in [-0.1, -0.05) is 26.0 Å². The lowest BCUT2D eigenvalue weighted by molar-refractivity contribution is 0.424. The fourth-order valence-electron chi connectivity index (χ4n) is 2.03. The quantitative estimate of drug-likeness (QED) is 0.801. The number of thioether (sulfide) groups is 1. The molecule has 2 N–H and O–H groups in total. The van der Waals surface area contributed by atoms with E-state index < -0.39 is 0 Å². The highest BCUT2D eigenvalue weighted by molar-refractivity contribution is 7.99. The van der Waals surface area contributed by atoms with Crippen LogP contribution in [-0.2, 0) is 6.54 Å². The van der Waals surface area contributed by atoms with E-state index in [-0.39, 0.29) is 5.54 Å². The SMILES string of the molecule is CC(C)Sc1ccc(-c2[nH]ncc2CNC(C)(C)C)cc1. The van der Waals surface area contributed by atoms with Gasteiger partial charge in [0, 0.05) is 27.8 Å². The van der Waals surface area contributed by atoms with Crippen LogP contribution in [0.1, 0.15) is 40.2 Å². The summed E-state index contributed by atoms with van der Waals surface area (Å²) >= 11 is 1.88. The number of hydrogen-bond donors (Lipinski definition) is 2. The van der Waals surface area contributed by atoms with Gasteiger partial charge >= 0.3 is 0 Å². The Hall–Kier alpha value is -1.26. The van der Waals surface area contributed by atoms with Crippen LogP contribution in [0.5, 0.6) is 0 Å². The Morgan fingerprint density at radius 3 is 2.43 bits per heavy atom. The summed E-state index contributed by atoms with van der Waals surface area (Å²) in [5.74, 6) is 0. The Balaban J connectivity index is 2.13. The maximum absolute atomic E-state index is 4.20. The van der Waals surface area contributed by atoms with E-state index in [0.717, 1.165) is 12.2 Å². The number of hydrogen-bond acceptors (Lipinski definition) is 3. The molecule has 0 bridgehead atoms. The standard InChI is InChI=1S/C17H25N3S/c1-12(2)21-15-8-6-13(7-9-15)16-14(11-19-20-16)10-18-17(3,4)5/h6-9,11-12,18H,10H2,1-5H3,(H,19,20). The summed E-state index contributed by atoms with van der Waals surface area (Å²) in [7, 11) is 0. The average Bonchev–Trinajstić information content (AvgIpc) is 2.84. The van der Waals surface area contributed by atoms with E-state index in [0.29, 0.717) is 5.25 Å². The van der Waals surface area contributed by atoms with Crippen molar-refractivity contribution in [2.45, 2.75) is 56.8 Å². The first-order valence-electron chi connectivity index (χ1n) is 7.39. The van der Waals surface area contributed by atoms with Gasteiger partial charge in [0.15, 0.2) is 0 Å². The van der Waals surface area contributed by atoms with E-state index in [1.54, 1.807) is 0 Å². The molecule has 4 heteroatoms. The van der Waals surface area contributed by atoms with Crippen molar-refractivity contribution in [1.82, 2.24) is 15.5 Å². The Labute approximate surface area is 131 Å². The summed E-state index contributed by atoms with van der Waals surface area (Å²) < 4.78 is 0. The van der Waals surface area contributed by atoms with Gasteiger partial charge in [0.25, 0.3) is 0 Å². The Bertz CT molecular complexity index is 564. The number of aromatic amines is 1. The predicted molar refractivity (Wildman–Crippen MR) is 91.6 cm³/mol. The summed E-state index contributed by atoms with van der Waals surface area (Å²) in [5, 5.41) is 11.4. The third-order valence-corrected chi connectivity index (χ3v) is 4.06. The van der Waals surface area contributed by atoms with E-state index in [1.165, 1.54) is 16.0 Å². The van der Waals surface area contributed by atoms with E-state index in [2.05, 4.69) is 74.4 Å². The zero-order valence-corrected chi connectivity index (χ0v) is 14.3. The maximum Gasteiger partial charge on any atom is 0.0695 e. The molecule has 0 saturated carbocycles. The van der Waals surface area contributed by atoms with Gasteiger partial charge in [-0.25, -0.2) is 0 Å². The fourth-order valence-corrected chi connectivity index (χ4v) is 2.87. The molecule has 1 heterocycles. The number of nitrogens with zero attached hydrogens (tertiary/aromatic N) is 1. The molecule has 0 radical (unpaired) electrons. The van der Waals surface area contributed by atoms with Crippen LogP contribution in [0.4, 0.5) is 0 Å². The van der Waals surface area contributed by atoms with Crippen molar-refractivity contribution in [1.29, 1.82) is 0 Å². The molecule has 0 aliphatic rings. The van der Waals surface area contributed by atoms with E-state index in [9.17, 15) is 0 Å². The normalized spacial score (nSPS) is 12.1. The van der Waals surface area contributed by atoms with Gasteiger partial charge in [-0.2, -0.15) is 5.10 Å². The molecule has 2 aromatic rings. The minimum Gasteiger partial charge on any atom is -0.308 e. The average molecular weight is 303 g/mol. The number of aromatic nitrogens is 2. The molecule has 0 saturated heterocycles. The number of benzene rings is 1. The van der Waals surface area contributed by atoms with Crippen molar-refractivity contribution in [2.75, 3.05) is 0 Å². The third-order valence-electron chi connectivity index (χ3n) is 3.04. The Morgan fingerprint density at radius 1 is 1.19 bits per heavy atom. The molecule has 0 spiro atoms. The minimum atomic E-state index is 0.103. The molecule has 0 aliphatic heterocycles. The van der Waals surface area contributed by atoms with Gasteiger partial charge in [-0.05, 0) is 38.5 Å². The van der Waals surface area contributed by atoms with Crippen LogP contribution in [-0.4, -0.2) is 21.0 Å². The smallest absolute Gasteiger partial charge is 0.0695 e. The number of rotatable bonds is 5. The second-order valence-corrected chi connectivity index (χ2v) is 8.21. The van der Waals surface area contributed by atoms with Crippen molar-refractivity contribution in [3.63, 3.8) is 0 Å². The molecule has 0 aliphatic carbocycles. The van der Waals surface area contributed by atoms with Crippen molar-refractivity contribution < 1.29 is 0 Å². The highest BCUT2D eigenvalue weighted by Crippen LogP contribution is 2.27. The van der Waals surface area contributed by atoms with Crippen LogP contribution in [0.15, 0.2) is 35.4 Å². The first-order chi connectivity index (χ1) is 9.85. The van der Waals surface area contributed by atoms with Gasteiger partial charge in [0.05, 0.1) is 11.9 Å². The lowest BCUT2D eigenvalue weighted by atomic mass is 10.1. The molecule has 0 unspecified atom stereocenters. The molecule has 2 rings (SSSR count). The molecule has 114 valence electrons. The highest BCUT2D eigenvalue weighted by atomic mass is 32.2. The van der Waals surface area contributed by atoms with E-state index in [4.69, 9.17) is 0 Å². The molecule has 0 atom stereocenters. The summed E-state index contributed by atoms with van der Waals surface area (Å²) in [6.45, 7) is 11.8. The zero-order valence-electron chi connectivity index (χ0n) is 13.5. The first-order valence-corrected chi connectivity index (χ1v) is 8.27. The summed E-state index contributed by atoms with van der Waals surface area (Å²) in [6, 6.07) is 8.70. The van der Waals surface area contributed by atoms with E-state index in [1.807, 2.05) is 18.0 Å².